The fourth-order valence-electron chi connectivity index (χ4n) is 4.56. The van der Waals surface area contributed by atoms with Gasteiger partial charge in [-0.15, -0.1) is 0 Å². The van der Waals surface area contributed by atoms with Crippen molar-refractivity contribution < 1.29 is 19.0 Å². The van der Waals surface area contributed by atoms with Crippen molar-refractivity contribution in [3.63, 3.8) is 0 Å². The Kier molecular flexibility index (Phi) is 6.72. The molecule has 4 rings (SSSR count). The molecule has 2 aliphatic rings. The number of hydrogen-bond donors (Lipinski definition) is 1. The van der Waals surface area contributed by atoms with Crippen molar-refractivity contribution in [3.8, 4) is 11.5 Å². The number of fused-ring (bicyclic) bond motifs is 1. The van der Waals surface area contributed by atoms with Crippen LogP contribution in [0.25, 0.3) is 0 Å². The van der Waals surface area contributed by atoms with E-state index in [-0.39, 0.29) is 23.7 Å². The molecule has 2 atom stereocenters. The van der Waals surface area contributed by atoms with Gasteiger partial charge in [-0.2, -0.15) is 0 Å². The Morgan fingerprint density at radius 1 is 1.12 bits per heavy atom. The fourth-order valence-corrected chi connectivity index (χ4v) is 4.56. The molecule has 32 heavy (non-hydrogen) atoms. The molecule has 1 saturated heterocycles. The minimum atomic E-state index is -0.208. The van der Waals surface area contributed by atoms with Gasteiger partial charge < -0.3 is 19.5 Å². The summed E-state index contributed by atoms with van der Waals surface area (Å²) in [6.07, 6.45) is 1.37. The third-order valence-corrected chi connectivity index (χ3v) is 5.82. The second-order valence-electron chi connectivity index (χ2n) is 9.54. The summed E-state index contributed by atoms with van der Waals surface area (Å²) in [6, 6.07) is 13.8. The molecule has 6 heteroatoms. The van der Waals surface area contributed by atoms with Crippen molar-refractivity contribution in [1.82, 2.24) is 10.2 Å². The van der Waals surface area contributed by atoms with Crippen LogP contribution >= 0.6 is 0 Å². The quantitative estimate of drug-likeness (QED) is 0.666. The minimum Gasteiger partial charge on any atom is -0.488 e. The number of nitrogens with zero attached hydrogens (tertiary/aromatic N) is 1. The molecular weight excluding hydrogens is 404 g/mol. The molecule has 172 valence electrons. The molecule has 1 N–H and O–H groups in total. The van der Waals surface area contributed by atoms with Gasteiger partial charge in [-0.1, -0.05) is 24.3 Å². The minimum absolute atomic E-state index is 0.0931. The number of morpholine rings is 1. The summed E-state index contributed by atoms with van der Waals surface area (Å²) in [5.41, 5.74) is 2.81. The first kappa shape index (κ1) is 22.6. The van der Waals surface area contributed by atoms with E-state index in [9.17, 15) is 4.79 Å². The smallest absolute Gasteiger partial charge is 0.251 e. The number of para-hydroxylation sites is 1. The highest BCUT2D eigenvalue weighted by molar-refractivity contribution is 5.94. The van der Waals surface area contributed by atoms with Crippen LogP contribution in [-0.2, 0) is 17.7 Å². The SMILES string of the molecule is CC1CN(Cc2ccc(C(=O)NCCOc3cccc4c3OC(C)(C)C4)cc2)CC(C)O1. The van der Waals surface area contributed by atoms with E-state index < -0.39 is 0 Å². The highest BCUT2D eigenvalue weighted by Gasteiger charge is 2.32. The predicted molar refractivity (Wildman–Crippen MR) is 124 cm³/mol. The Morgan fingerprint density at radius 3 is 2.56 bits per heavy atom. The molecule has 1 fully saturated rings. The first-order chi connectivity index (χ1) is 15.3. The summed E-state index contributed by atoms with van der Waals surface area (Å²) in [6.45, 7) is 11.9. The van der Waals surface area contributed by atoms with E-state index in [0.717, 1.165) is 43.1 Å². The fraction of sp³-hybridized carbons (Fsp3) is 0.500. The number of carbonyl (C=O) groups is 1. The van der Waals surface area contributed by atoms with Gasteiger partial charge in [-0.3, -0.25) is 9.69 Å². The van der Waals surface area contributed by atoms with Crippen molar-refractivity contribution in [2.45, 2.75) is 58.5 Å². The van der Waals surface area contributed by atoms with Gasteiger partial charge in [0.05, 0.1) is 18.8 Å². The van der Waals surface area contributed by atoms with Crippen molar-refractivity contribution in [2.24, 2.45) is 0 Å². The summed E-state index contributed by atoms with van der Waals surface area (Å²) in [5.74, 6) is 1.46. The lowest BCUT2D eigenvalue weighted by Crippen LogP contribution is -2.44. The second-order valence-corrected chi connectivity index (χ2v) is 9.54. The van der Waals surface area contributed by atoms with Gasteiger partial charge in [0.2, 0.25) is 0 Å². The van der Waals surface area contributed by atoms with E-state index in [1.54, 1.807) is 0 Å². The summed E-state index contributed by atoms with van der Waals surface area (Å²) in [7, 11) is 0. The van der Waals surface area contributed by atoms with E-state index in [4.69, 9.17) is 14.2 Å². The van der Waals surface area contributed by atoms with Crippen molar-refractivity contribution in [2.75, 3.05) is 26.2 Å². The molecular formula is C26H34N2O4. The van der Waals surface area contributed by atoms with Gasteiger partial charge in [0.1, 0.15) is 12.2 Å². The summed E-state index contributed by atoms with van der Waals surface area (Å²) in [4.78, 5) is 14.9. The number of benzene rings is 2. The van der Waals surface area contributed by atoms with Crippen molar-refractivity contribution in [1.29, 1.82) is 0 Å². The Bertz CT molecular complexity index is 931. The van der Waals surface area contributed by atoms with Crippen LogP contribution in [0.3, 0.4) is 0 Å². The van der Waals surface area contributed by atoms with E-state index in [1.165, 1.54) is 5.56 Å². The number of hydrogen-bond acceptors (Lipinski definition) is 5. The third-order valence-electron chi connectivity index (χ3n) is 5.82. The van der Waals surface area contributed by atoms with Gasteiger partial charge in [-0.05, 0) is 51.5 Å². The highest BCUT2D eigenvalue weighted by Crippen LogP contribution is 2.41. The van der Waals surface area contributed by atoms with Gasteiger partial charge in [0.25, 0.3) is 5.91 Å². The Balaban J connectivity index is 1.24. The summed E-state index contributed by atoms with van der Waals surface area (Å²) in [5, 5.41) is 2.93. The molecule has 0 saturated carbocycles. The molecule has 0 aliphatic carbocycles. The molecule has 2 heterocycles. The maximum absolute atomic E-state index is 12.5. The topological polar surface area (TPSA) is 60.0 Å². The molecule has 1 amide bonds. The third kappa shape index (κ3) is 5.61. The normalized spacial score (nSPS) is 22.1. The molecule has 2 unspecified atom stereocenters. The predicted octanol–water partition coefficient (Wildman–Crippen LogP) is 3.82. The average molecular weight is 439 g/mol. The molecule has 0 spiro atoms. The monoisotopic (exact) mass is 438 g/mol. The van der Waals surface area contributed by atoms with Crippen LogP contribution in [0.4, 0.5) is 0 Å². The standard InChI is InChI=1S/C26H34N2O4/c1-18-15-28(16-19(2)31-18)17-20-8-10-21(11-9-20)25(29)27-12-13-30-23-7-5-6-22-14-26(3,4)32-24(22)23/h5-11,18-19H,12-17H2,1-4H3,(H,27,29). The molecule has 2 aromatic rings. The van der Waals surface area contributed by atoms with E-state index in [2.05, 4.69) is 44.0 Å². The van der Waals surface area contributed by atoms with Gasteiger partial charge in [0.15, 0.2) is 11.5 Å². The van der Waals surface area contributed by atoms with Crippen LogP contribution in [-0.4, -0.2) is 54.9 Å². The number of ether oxygens (including phenoxy) is 3. The zero-order valence-corrected chi connectivity index (χ0v) is 19.5. The van der Waals surface area contributed by atoms with Crippen molar-refractivity contribution >= 4 is 5.91 Å². The van der Waals surface area contributed by atoms with Crippen LogP contribution in [0.2, 0.25) is 0 Å². The van der Waals surface area contributed by atoms with Gasteiger partial charge >= 0.3 is 0 Å². The van der Waals surface area contributed by atoms with Crippen LogP contribution in [0.1, 0.15) is 49.2 Å². The number of rotatable bonds is 7. The maximum Gasteiger partial charge on any atom is 0.251 e. The van der Waals surface area contributed by atoms with Crippen molar-refractivity contribution in [3.05, 3.63) is 59.2 Å². The Morgan fingerprint density at radius 2 is 1.84 bits per heavy atom. The van der Waals surface area contributed by atoms with Crippen LogP contribution in [0.15, 0.2) is 42.5 Å². The molecule has 0 bridgehead atoms. The Labute approximate surface area is 190 Å². The lowest BCUT2D eigenvalue weighted by Gasteiger charge is -2.35. The highest BCUT2D eigenvalue weighted by atomic mass is 16.5. The van der Waals surface area contributed by atoms with E-state index in [1.807, 2.05) is 36.4 Å². The molecule has 0 aromatic heterocycles. The Hall–Kier alpha value is -2.57. The van der Waals surface area contributed by atoms with E-state index >= 15 is 0 Å². The van der Waals surface area contributed by atoms with Crippen LogP contribution < -0.4 is 14.8 Å². The lowest BCUT2D eigenvalue weighted by molar-refractivity contribution is -0.0704. The van der Waals surface area contributed by atoms with Gasteiger partial charge in [0, 0.05) is 37.2 Å². The zero-order chi connectivity index (χ0) is 22.7. The number of carbonyl (C=O) groups excluding carboxylic acids is 1. The molecule has 2 aliphatic heterocycles. The molecule has 2 aromatic carbocycles. The van der Waals surface area contributed by atoms with Crippen LogP contribution in [0.5, 0.6) is 11.5 Å². The average Bonchev–Trinajstić information content (AvgIpc) is 3.05. The number of nitrogens with one attached hydrogen (secondary N) is 1. The summed E-state index contributed by atoms with van der Waals surface area (Å²) < 4.78 is 17.7. The van der Waals surface area contributed by atoms with Gasteiger partial charge in [-0.25, -0.2) is 0 Å². The summed E-state index contributed by atoms with van der Waals surface area (Å²) >= 11 is 0. The largest absolute Gasteiger partial charge is 0.488 e. The second kappa shape index (κ2) is 9.51. The zero-order valence-electron chi connectivity index (χ0n) is 19.5. The molecule has 6 nitrogen and oxygen atoms in total. The molecule has 0 radical (unpaired) electrons. The number of amides is 1. The first-order valence-electron chi connectivity index (χ1n) is 11.5. The maximum atomic E-state index is 12.5. The lowest BCUT2D eigenvalue weighted by atomic mass is 10.0. The van der Waals surface area contributed by atoms with E-state index in [0.29, 0.717) is 18.7 Å². The van der Waals surface area contributed by atoms with Crippen LogP contribution in [0, 0.1) is 0 Å². The first-order valence-corrected chi connectivity index (χ1v) is 11.5.